The largest absolute Gasteiger partial charge is 0.416 e. The fourth-order valence-electron chi connectivity index (χ4n) is 5.12. The van der Waals surface area contributed by atoms with E-state index in [0.29, 0.717) is 30.8 Å². The number of rotatable bonds is 8. The van der Waals surface area contributed by atoms with Crippen LogP contribution in [-0.4, -0.2) is 39.2 Å². The SMILES string of the molecule is O=C([C@H](Cc1ccccc1)N(Cc1ccccn1)C(=O)C=Cc1ccc(C(F)(F)F)cc1)N1CCc2ccccc2C1. The molecule has 0 fully saturated rings. The monoisotopic (exact) mass is 569 g/mol. The lowest BCUT2D eigenvalue weighted by Crippen LogP contribution is -2.52. The Bertz CT molecular complexity index is 1540. The summed E-state index contributed by atoms with van der Waals surface area (Å²) in [5.41, 5.74) is 3.48. The number of hydrogen-bond acceptors (Lipinski definition) is 3. The van der Waals surface area contributed by atoms with Gasteiger partial charge in [-0.15, -0.1) is 0 Å². The number of fused-ring (bicyclic) bond motifs is 1. The van der Waals surface area contributed by atoms with Gasteiger partial charge in [-0.3, -0.25) is 14.6 Å². The first-order valence-electron chi connectivity index (χ1n) is 13.7. The minimum absolute atomic E-state index is 0.0880. The molecule has 0 radical (unpaired) electrons. The van der Waals surface area contributed by atoms with Gasteiger partial charge in [-0.25, -0.2) is 0 Å². The summed E-state index contributed by atoms with van der Waals surface area (Å²) < 4.78 is 39.0. The number of carbonyl (C=O) groups is 2. The van der Waals surface area contributed by atoms with Crippen LogP contribution >= 0.6 is 0 Å². The third kappa shape index (κ3) is 7.13. The lowest BCUT2D eigenvalue weighted by Gasteiger charge is -2.36. The topological polar surface area (TPSA) is 53.5 Å². The van der Waals surface area contributed by atoms with Crippen LogP contribution in [0.3, 0.4) is 0 Å². The van der Waals surface area contributed by atoms with Crippen molar-refractivity contribution in [2.75, 3.05) is 6.54 Å². The zero-order chi connectivity index (χ0) is 29.5. The fraction of sp³-hybridized carbons (Fsp3) is 0.206. The van der Waals surface area contributed by atoms with Crippen LogP contribution in [-0.2, 0) is 41.7 Å². The number of nitrogens with zero attached hydrogens (tertiary/aromatic N) is 3. The number of carbonyl (C=O) groups excluding carboxylic acids is 2. The molecule has 8 heteroatoms. The summed E-state index contributed by atoms with van der Waals surface area (Å²) >= 11 is 0. The number of aromatic nitrogens is 1. The first-order chi connectivity index (χ1) is 20.3. The Morgan fingerprint density at radius 3 is 2.26 bits per heavy atom. The maximum absolute atomic E-state index is 14.2. The molecule has 5 nitrogen and oxygen atoms in total. The van der Waals surface area contributed by atoms with Gasteiger partial charge < -0.3 is 9.80 Å². The molecule has 2 heterocycles. The number of benzene rings is 3. The molecule has 42 heavy (non-hydrogen) atoms. The number of pyridine rings is 1. The van der Waals surface area contributed by atoms with Gasteiger partial charge in [-0.05, 0) is 59.0 Å². The van der Waals surface area contributed by atoms with E-state index >= 15 is 0 Å². The minimum atomic E-state index is -4.45. The maximum Gasteiger partial charge on any atom is 0.416 e. The molecule has 0 aliphatic carbocycles. The predicted octanol–water partition coefficient (Wildman–Crippen LogP) is 6.34. The van der Waals surface area contributed by atoms with Crippen molar-refractivity contribution in [3.05, 3.63) is 143 Å². The third-order valence-electron chi connectivity index (χ3n) is 7.37. The summed E-state index contributed by atoms with van der Waals surface area (Å²) in [6.45, 7) is 1.08. The Morgan fingerprint density at radius 1 is 0.881 bits per heavy atom. The van der Waals surface area contributed by atoms with Crippen molar-refractivity contribution in [3.63, 3.8) is 0 Å². The molecule has 5 rings (SSSR count). The molecule has 4 aromatic rings. The van der Waals surface area contributed by atoms with Crippen LogP contribution in [0.2, 0.25) is 0 Å². The molecule has 2 amide bonds. The molecule has 1 atom stereocenters. The van der Waals surface area contributed by atoms with E-state index in [4.69, 9.17) is 0 Å². The molecule has 214 valence electrons. The minimum Gasteiger partial charge on any atom is -0.336 e. The molecule has 0 N–H and O–H groups in total. The van der Waals surface area contributed by atoms with Crippen molar-refractivity contribution < 1.29 is 22.8 Å². The normalized spacial score (nSPS) is 13.9. The number of alkyl halides is 3. The second kappa shape index (κ2) is 12.9. The Hall–Kier alpha value is -4.72. The van der Waals surface area contributed by atoms with E-state index in [-0.39, 0.29) is 12.5 Å². The average molecular weight is 570 g/mol. The van der Waals surface area contributed by atoms with Gasteiger partial charge in [0.15, 0.2) is 0 Å². The molecule has 0 saturated carbocycles. The quantitative estimate of drug-likeness (QED) is 0.233. The molecule has 0 unspecified atom stereocenters. The summed E-state index contributed by atoms with van der Waals surface area (Å²) in [6.07, 6.45) is 0.979. The van der Waals surface area contributed by atoms with E-state index in [1.54, 1.807) is 23.2 Å². The zero-order valence-corrected chi connectivity index (χ0v) is 22.9. The van der Waals surface area contributed by atoms with E-state index in [1.807, 2.05) is 54.6 Å². The van der Waals surface area contributed by atoms with Gasteiger partial charge in [0.1, 0.15) is 6.04 Å². The van der Waals surface area contributed by atoms with Gasteiger partial charge in [-0.2, -0.15) is 13.2 Å². The highest BCUT2D eigenvalue weighted by atomic mass is 19.4. The lowest BCUT2D eigenvalue weighted by atomic mass is 9.97. The molecule has 0 bridgehead atoms. The van der Waals surface area contributed by atoms with Crippen LogP contribution in [0.15, 0.2) is 109 Å². The smallest absolute Gasteiger partial charge is 0.336 e. The average Bonchev–Trinajstić information content (AvgIpc) is 3.01. The van der Waals surface area contributed by atoms with E-state index in [9.17, 15) is 22.8 Å². The second-order valence-corrected chi connectivity index (χ2v) is 10.2. The predicted molar refractivity (Wildman–Crippen MR) is 155 cm³/mol. The van der Waals surface area contributed by atoms with E-state index < -0.39 is 23.7 Å². The van der Waals surface area contributed by atoms with Crippen molar-refractivity contribution in [2.45, 2.75) is 38.1 Å². The third-order valence-corrected chi connectivity index (χ3v) is 7.37. The number of hydrogen-bond donors (Lipinski definition) is 0. The highest BCUT2D eigenvalue weighted by Crippen LogP contribution is 2.29. The molecule has 3 aromatic carbocycles. The highest BCUT2D eigenvalue weighted by Gasteiger charge is 2.34. The van der Waals surface area contributed by atoms with E-state index in [1.165, 1.54) is 34.7 Å². The van der Waals surface area contributed by atoms with Crippen LogP contribution < -0.4 is 0 Å². The molecule has 1 aliphatic heterocycles. The standard InChI is InChI=1S/C34H30F3N3O2/c35-34(36,37)29-16-13-25(14-17-29)15-18-32(41)40(24-30-12-6-7-20-38-30)31(22-26-8-2-1-3-9-26)33(42)39-21-19-27-10-4-5-11-28(27)23-39/h1-18,20,31H,19,21-24H2/t31-/m0/s1. The Labute approximate surface area is 242 Å². The molecule has 0 spiro atoms. The van der Waals surface area contributed by atoms with Gasteiger partial charge in [0.2, 0.25) is 11.8 Å². The van der Waals surface area contributed by atoms with Crippen LogP contribution in [0.1, 0.15) is 33.5 Å². The van der Waals surface area contributed by atoms with Crippen LogP contribution in [0.5, 0.6) is 0 Å². The van der Waals surface area contributed by atoms with Crippen molar-refractivity contribution in [1.29, 1.82) is 0 Å². The first-order valence-corrected chi connectivity index (χ1v) is 13.7. The summed E-state index contributed by atoms with van der Waals surface area (Å²) in [5.74, 6) is -0.604. The Kier molecular flexibility index (Phi) is 8.81. The van der Waals surface area contributed by atoms with Gasteiger partial charge in [0.05, 0.1) is 17.8 Å². The Balaban J connectivity index is 1.47. The van der Waals surface area contributed by atoms with Crippen molar-refractivity contribution in [1.82, 2.24) is 14.8 Å². The van der Waals surface area contributed by atoms with Crippen LogP contribution in [0.4, 0.5) is 13.2 Å². The fourth-order valence-corrected chi connectivity index (χ4v) is 5.12. The van der Waals surface area contributed by atoms with Crippen LogP contribution in [0.25, 0.3) is 6.08 Å². The molecular formula is C34H30F3N3O2. The molecule has 0 saturated heterocycles. The van der Waals surface area contributed by atoms with Crippen molar-refractivity contribution >= 4 is 17.9 Å². The summed E-state index contributed by atoms with van der Waals surface area (Å²) in [6, 6.07) is 26.7. The number of amides is 2. The van der Waals surface area contributed by atoms with Gasteiger partial charge >= 0.3 is 6.18 Å². The van der Waals surface area contributed by atoms with Crippen molar-refractivity contribution in [2.24, 2.45) is 0 Å². The summed E-state index contributed by atoms with van der Waals surface area (Å²) in [7, 11) is 0. The number of halogens is 3. The highest BCUT2D eigenvalue weighted by molar-refractivity contribution is 5.95. The van der Waals surface area contributed by atoms with Crippen LogP contribution in [0, 0.1) is 0 Å². The summed E-state index contributed by atoms with van der Waals surface area (Å²) in [5, 5.41) is 0. The van der Waals surface area contributed by atoms with Gasteiger partial charge in [0, 0.05) is 31.8 Å². The maximum atomic E-state index is 14.2. The second-order valence-electron chi connectivity index (χ2n) is 10.2. The van der Waals surface area contributed by atoms with E-state index in [0.717, 1.165) is 29.7 Å². The van der Waals surface area contributed by atoms with Crippen molar-refractivity contribution in [3.8, 4) is 0 Å². The molecule has 1 aromatic heterocycles. The van der Waals surface area contributed by atoms with Gasteiger partial charge in [-0.1, -0.05) is 72.8 Å². The molecular weight excluding hydrogens is 539 g/mol. The molecule has 1 aliphatic rings. The first kappa shape index (κ1) is 28.8. The van der Waals surface area contributed by atoms with E-state index in [2.05, 4.69) is 11.1 Å². The zero-order valence-electron chi connectivity index (χ0n) is 22.9. The summed E-state index contributed by atoms with van der Waals surface area (Å²) in [4.78, 5) is 35.8. The Morgan fingerprint density at radius 2 is 1.57 bits per heavy atom. The van der Waals surface area contributed by atoms with Gasteiger partial charge in [0.25, 0.3) is 0 Å². The lowest BCUT2D eigenvalue weighted by molar-refractivity contribution is -0.144.